The van der Waals surface area contributed by atoms with E-state index in [1.54, 1.807) is 0 Å². The van der Waals surface area contributed by atoms with Gasteiger partial charge in [-0.1, -0.05) is 24.3 Å². The smallest absolute Gasteiger partial charge is 0.462 e. The lowest BCUT2D eigenvalue weighted by Gasteiger charge is -2.20. The minimum absolute atomic E-state index is 0.0256. The van der Waals surface area contributed by atoms with Gasteiger partial charge in [0.15, 0.2) is 17.7 Å². The van der Waals surface area contributed by atoms with Crippen molar-refractivity contribution in [3.8, 4) is 5.75 Å². The Bertz CT molecular complexity index is 2600. The number of ether oxygens (including phenoxy) is 4. The molecule has 62 heavy (non-hydrogen) atoms. The van der Waals surface area contributed by atoms with Gasteiger partial charge in [-0.25, -0.2) is 28.9 Å². The molecular formula is C34H34F3N5O18P2. The molecule has 0 saturated carbocycles. The number of benzene rings is 2. The van der Waals surface area contributed by atoms with E-state index in [0.29, 0.717) is 11.6 Å². The Morgan fingerprint density at radius 1 is 0.855 bits per heavy atom. The number of esters is 1. The quantitative estimate of drug-likeness (QED) is 0.0441. The number of hydrogen-bond acceptors (Lipinski definition) is 20. The first-order valence-electron chi connectivity index (χ1n) is 17.9. The molecule has 2 fully saturated rings. The summed E-state index contributed by atoms with van der Waals surface area (Å²) in [5, 5.41) is 41.7. The number of carbonyl (C=O) groups excluding carboxylic acids is 1. The van der Waals surface area contributed by atoms with E-state index in [0.717, 1.165) is 18.5 Å². The second kappa shape index (κ2) is 17.7. The summed E-state index contributed by atoms with van der Waals surface area (Å²) in [4.78, 5) is 56.2. The number of nitrogens with zero attached hydrogens (tertiary/aromatic N) is 4. The molecule has 2 aromatic carbocycles. The number of imidazole rings is 1. The van der Waals surface area contributed by atoms with Gasteiger partial charge < -0.3 is 59.3 Å². The number of aliphatic hydroxyl groups is 4. The molecule has 8 N–H and O–H groups in total. The number of alkyl halides is 3. The van der Waals surface area contributed by atoms with Crippen LogP contribution in [-0.4, -0.2) is 112 Å². The molecule has 2 aliphatic heterocycles. The maximum atomic E-state index is 13.3. The topological polar surface area (TPSA) is 337 Å². The van der Waals surface area contributed by atoms with E-state index < -0.39 is 101 Å². The Hall–Kier alpha value is -4.92. The lowest BCUT2D eigenvalue weighted by atomic mass is 10.1. The van der Waals surface area contributed by atoms with Gasteiger partial charge in [0, 0.05) is 11.5 Å². The highest BCUT2D eigenvalue weighted by Gasteiger charge is 2.48. The first kappa shape index (κ1) is 45.1. The molecule has 2 aliphatic rings. The lowest BCUT2D eigenvalue weighted by Crippen LogP contribution is -2.35. The number of fused-ring (bicyclic) bond motifs is 2. The maximum Gasteiger partial charge on any atom is 0.481 e. The average molecular weight is 920 g/mol. The third-order valence-electron chi connectivity index (χ3n) is 9.37. The van der Waals surface area contributed by atoms with E-state index in [9.17, 15) is 62.1 Å². The monoisotopic (exact) mass is 919 g/mol. The van der Waals surface area contributed by atoms with Crippen LogP contribution in [0.15, 0.2) is 70.4 Å². The average Bonchev–Trinajstić information content (AvgIpc) is 3.84. The molecule has 0 spiro atoms. The number of nitrogen functional groups attached to an aromatic ring is 1. The van der Waals surface area contributed by atoms with Gasteiger partial charge in [0.1, 0.15) is 66.4 Å². The summed E-state index contributed by atoms with van der Waals surface area (Å²) >= 11 is 0. The molecule has 0 aliphatic carbocycles. The van der Waals surface area contributed by atoms with Crippen LogP contribution in [0.1, 0.15) is 22.9 Å². The molecule has 334 valence electrons. The highest BCUT2D eigenvalue weighted by atomic mass is 31.3. The molecule has 10 atom stereocenters. The van der Waals surface area contributed by atoms with Gasteiger partial charge in [-0.15, -0.1) is 0 Å². The van der Waals surface area contributed by atoms with Gasteiger partial charge in [-0.2, -0.15) is 17.5 Å². The van der Waals surface area contributed by atoms with Crippen LogP contribution in [0.2, 0.25) is 0 Å². The van der Waals surface area contributed by atoms with E-state index in [2.05, 4.69) is 19.3 Å². The largest absolute Gasteiger partial charge is 0.481 e. The maximum absolute atomic E-state index is 13.3. The second-order valence-electron chi connectivity index (χ2n) is 13.7. The second-order valence-corrected chi connectivity index (χ2v) is 16.7. The van der Waals surface area contributed by atoms with Crippen molar-refractivity contribution >= 4 is 49.6 Å². The van der Waals surface area contributed by atoms with Gasteiger partial charge >= 0.3 is 33.4 Å². The predicted octanol–water partition coefficient (Wildman–Crippen LogP) is 1.22. The van der Waals surface area contributed by atoms with Crippen molar-refractivity contribution in [3.05, 3.63) is 88.3 Å². The van der Waals surface area contributed by atoms with Gasteiger partial charge in [-0.3, -0.25) is 18.4 Å². The lowest BCUT2D eigenvalue weighted by molar-refractivity contribution is -0.144. The zero-order valence-corrected chi connectivity index (χ0v) is 33.0. The summed E-state index contributed by atoms with van der Waals surface area (Å²) in [5.74, 6) is -0.652. The molecule has 3 aromatic heterocycles. The molecule has 23 nitrogen and oxygen atoms in total. The van der Waals surface area contributed by atoms with Crippen molar-refractivity contribution in [2.24, 2.45) is 0 Å². The van der Waals surface area contributed by atoms with Gasteiger partial charge in [-0.05, 0) is 29.3 Å². The third-order valence-corrected chi connectivity index (χ3v) is 12.0. The van der Waals surface area contributed by atoms with Crippen molar-refractivity contribution in [1.29, 1.82) is 0 Å². The van der Waals surface area contributed by atoms with Crippen molar-refractivity contribution in [2.75, 3.05) is 18.9 Å². The number of halogens is 3. The summed E-state index contributed by atoms with van der Waals surface area (Å²) in [7, 11) is -10.9. The number of aliphatic hydroxyl groups excluding tert-OH is 4. The van der Waals surface area contributed by atoms with Crippen LogP contribution in [0.3, 0.4) is 0 Å². The predicted molar refractivity (Wildman–Crippen MR) is 197 cm³/mol. The molecule has 2 saturated heterocycles. The van der Waals surface area contributed by atoms with Crippen LogP contribution in [0, 0.1) is 0 Å². The van der Waals surface area contributed by atoms with E-state index >= 15 is 0 Å². The highest BCUT2D eigenvalue weighted by molar-refractivity contribution is 7.61. The number of carbonyl (C=O) groups is 1. The van der Waals surface area contributed by atoms with Crippen molar-refractivity contribution in [2.45, 2.75) is 68.3 Å². The number of nitrogens with two attached hydrogens (primary N) is 1. The standard InChI is InChI=1S/C34H34F3N5O18P2/c35-34(36,37)19-9-24(44)57-20-7-16(3-6-18(19)20)8-23(43)53-10-15-1-4-17(5-2-15)56-33-29(48)27(46)22(59-33)12-55-62(51,52)60-61(49,50)54-11-21-26(45)28(47)32(58-21)42-14-41-25-30(38)39-13-40-31(25)42/h1-7,9,13-14,21-22,26-29,32-33,45-48H,8,10-12H2,(H,49,50)(H,51,52)(H2,38,39,40)/t21?,22-,26-,27-,28-,29-,32-,33+/m1/s1. The Morgan fingerprint density at radius 3 is 2.18 bits per heavy atom. The normalized spacial score (nSPS) is 26.1. The van der Waals surface area contributed by atoms with Crippen molar-refractivity contribution < 1.29 is 94.0 Å². The van der Waals surface area contributed by atoms with E-state index in [1.807, 2.05) is 0 Å². The van der Waals surface area contributed by atoms with Crippen LogP contribution in [0.4, 0.5) is 19.0 Å². The number of aromatic nitrogens is 4. The molecule has 3 unspecified atom stereocenters. The Kier molecular flexibility index (Phi) is 12.9. The van der Waals surface area contributed by atoms with Crippen molar-refractivity contribution in [1.82, 2.24) is 19.5 Å². The van der Waals surface area contributed by atoms with Crippen LogP contribution in [-0.2, 0) is 60.7 Å². The Morgan fingerprint density at radius 2 is 1.50 bits per heavy atom. The zero-order chi connectivity index (χ0) is 44.7. The van der Waals surface area contributed by atoms with E-state index in [1.165, 1.54) is 41.2 Å². The van der Waals surface area contributed by atoms with Gasteiger partial charge in [0.05, 0.1) is 31.5 Å². The Labute approximate surface area is 344 Å². The number of hydrogen-bond donors (Lipinski definition) is 7. The first-order valence-corrected chi connectivity index (χ1v) is 20.8. The summed E-state index contributed by atoms with van der Waals surface area (Å²) < 4.78 is 107. The molecule has 0 radical (unpaired) electrons. The molecule has 0 bridgehead atoms. The van der Waals surface area contributed by atoms with Crippen LogP contribution in [0.25, 0.3) is 22.1 Å². The van der Waals surface area contributed by atoms with E-state index in [4.69, 9.17) is 38.1 Å². The summed E-state index contributed by atoms with van der Waals surface area (Å²) in [6.07, 6.45) is -15.6. The molecule has 5 heterocycles. The molecule has 5 aromatic rings. The van der Waals surface area contributed by atoms with Gasteiger partial charge in [0.2, 0.25) is 6.29 Å². The summed E-state index contributed by atoms with van der Waals surface area (Å²) in [6.45, 7) is -2.17. The van der Waals surface area contributed by atoms with E-state index in [-0.39, 0.29) is 52.3 Å². The summed E-state index contributed by atoms with van der Waals surface area (Å²) in [5.41, 5.74) is 4.01. The SMILES string of the molecule is Nc1ncnc2c1ncn2[C@@H]1OC(COP(=O)(O)OP(=O)(O)OC[C@H]2O[C@H](Oc3ccc(COC(=O)Cc4ccc5c(C(F)(F)F)cc(=O)oc5c4)cc3)[C@H](O)[C@@H]2O)[C@@H](O)[C@H]1O. The Balaban J connectivity index is 0.856. The fourth-order valence-corrected chi connectivity index (χ4v) is 8.44. The zero-order valence-electron chi connectivity index (χ0n) is 31.2. The molecular weight excluding hydrogens is 885 g/mol. The van der Waals surface area contributed by atoms with Crippen molar-refractivity contribution in [3.63, 3.8) is 0 Å². The number of phosphoric acid groups is 2. The van der Waals surface area contributed by atoms with Crippen LogP contribution < -0.4 is 16.1 Å². The summed E-state index contributed by atoms with van der Waals surface area (Å²) in [6, 6.07) is 9.52. The van der Waals surface area contributed by atoms with Crippen LogP contribution >= 0.6 is 15.6 Å². The number of rotatable bonds is 15. The van der Waals surface area contributed by atoms with Crippen LogP contribution in [0.5, 0.6) is 5.75 Å². The molecule has 28 heteroatoms. The third kappa shape index (κ3) is 10.1. The fourth-order valence-electron chi connectivity index (χ4n) is 6.35. The van der Waals surface area contributed by atoms with Gasteiger partial charge in [0.25, 0.3) is 0 Å². The fraction of sp³-hybridized carbons (Fsp3) is 0.382. The minimum Gasteiger partial charge on any atom is -0.462 e. The minimum atomic E-state index is -5.46. The number of phosphoric ester groups is 2. The highest BCUT2D eigenvalue weighted by Crippen LogP contribution is 2.60. The first-order chi connectivity index (χ1) is 29.2. The number of anilines is 1. The molecule has 0 amide bonds. The molecule has 7 rings (SSSR count).